The summed E-state index contributed by atoms with van der Waals surface area (Å²) in [5, 5.41) is 11.7. The molecule has 2 atom stereocenters. The van der Waals surface area contributed by atoms with Crippen LogP contribution in [0, 0.1) is 28.9 Å². The number of hydrogen-bond donors (Lipinski definition) is 1. The Labute approximate surface area is 167 Å². The molecular weight excluding hydrogens is 376 g/mol. The minimum absolute atomic E-state index is 0.305. The highest BCUT2D eigenvalue weighted by molar-refractivity contribution is 6.08. The summed E-state index contributed by atoms with van der Waals surface area (Å²) in [6, 6.07) is 12.9. The number of likely N-dealkylation sites (tertiary alicyclic amines) is 1. The number of carbonyl (C=O) groups excluding carboxylic acids is 2. The van der Waals surface area contributed by atoms with Gasteiger partial charge in [-0.2, -0.15) is 5.26 Å². The summed E-state index contributed by atoms with van der Waals surface area (Å²) in [5.74, 6) is -4.90. The molecule has 1 fully saturated rings. The maximum absolute atomic E-state index is 14.0. The Morgan fingerprint density at radius 1 is 1.24 bits per heavy atom. The molecule has 2 amide bonds. The number of carbonyl (C=O) groups is 2. The molecule has 0 unspecified atom stereocenters. The summed E-state index contributed by atoms with van der Waals surface area (Å²) in [6.07, 6.45) is 0. The van der Waals surface area contributed by atoms with Gasteiger partial charge in [0.25, 0.3) is 0 Å². The second-order valence-corrected chi connectivity index (χ2v) is 7.76. The van der Waals surface area contributed by atoms with Gasteiger partial charge in [-0.1, -0.05) is 30.3 Å². The highest BCUT2D eigenvalue weighted by Gasteiger charge is 2.44. The van der Waals surface area contributed by atoms with Crippen LogP contribution in [-0.4, -0.2) is 30.3 Å². The number of rotatable bonds is 4. The van der Waals surface area contributed by atoms with Crippen LogP contribution in [0.1, 0.15) is 30.9 Å². The number of likely N-dealkylation sites (N-methyl/N-ethyl adjacent to an activating group) is 1. The Morgan fingerprint density at radius 3 is 2.62 bits per heavy atom. The summed E-state index contributed by atoms with van der Waals surface area (Å²) >= 11 is 0. The molecule has 1 saturated heterocycles. The lowest BCUT2D eigenvalue weighted by Crippen LogP contribution is -2.33. The maximum Gasteiger partial charge on any atom is 0.237 e. The van der Waals surface area contributed by atoms with E-state index in [1.54, 1.807) is 33.0 Å². The third-order valence-corrected chi connectivity index (χ3v) is 5.32. The van der Waals surface area contributed by atoms with Crippen LogP contribution in [-0.2, 0) is 15.0 Å². The van der Waals surface area contributed by atoms with Crippen LogP contribution in [0.15, 0.2) is 42.5 Å². The molecule has 0 spiro atoms. The molecule has 0 saturated carbocycles. The van der Waals surface area contributed by atoms with Crippen LogP contribution in [0.4, 0.5) is 14.5 Å². The fraction of sp³-hybridized carbons (Fsp3) is 0.318. The topological polar surface area (TPSA) is 73.2 Å². The van der Waals surface area contributed by atoms with E-state index in [2.05, 4.69) is 11.4 Å². The molecule has 1 aliphatic heterocycles. The largest absolute Gasteiger partial charge is 0.344 e. The third kappa shape index (κ3) is 3.83. The number of amides is 2. The molecule has 1 aliphatic rings. The Balaban J connectivity index is 1.94. The Bertz CT molecular complexity index is 1010. The lowest BCUT2D eigenvalue weighted by molar-refractivity contribution is -0.135. The van der Waals surface area contributed by atoms with Crippen molar-refractivity contribution in [3.8, 4) is 6.07 Å². The minimum Gasteiger partial charge on any atom is -0.344 e. The van der Waals surface area contributed by atoms with Gasteiger partial charge < -0.3 is 10.2 Å². The second kappa shape index (κ2) is 7.63. The van der Waals surface area contributed by atoms with Gasteiger partial charge in [-0.05, 0) is 37.1 Å². The lowest BCUT2D eigenvalue weighted by atomic mass is 9.81. The van der Waals surface area contributed by atoms with E-state index in [9.17, 15) is 23.6 Å². The van der Waals surface area contributed by atoms with Gasteiger partial charge >= 0.3 is 0 Å². The average Bonchev–Trinajstić information content (AvgIpc) is 3.00. The van der Waals surface area contributed by atoms with Crippen molar-refractivity contribution in [1.82, 2.24) is 4.90 Å². The molecule has 2 aromatic rings. The van der Waals surface area contributed by atoms with Gasteiger partial charge in [-0.15, -0.1) is 0 Å². The van der Waals surface area contributed by atoms with Crippen LogP contribution >= 0.6 is 0 Å². The summed E-state index contributed by atoms with van der Waals surface area (Å²) < 4.78 is 27.4. The summed E-state index contributed by atoms with van der Waals surface area (Å²) in [7, 11) is 1.59. The minimum atomic E-state index is -1.17. The molecule has 5 nitrogen and oxygen atoms in total. The molecule has 0 radical (unpaired) electrons. The molecule has 0 aliphatic carbocycles. The third-order valence-electron chi connectivity index (χ3n) is 5.32. The van der Waals surface area contributed by atoms with Gasteiger partial charge in [0.2, 0.25) is 11.8 Å². The number of nitrogens with one attached hydrogen (secondary N) is 1. The first-order valence-electron chi connectivity index (χ1n) is 9.17. The van der Waals surface area contributed by atoms with Crippen molar-refractivity contribution < 1.29 is 18.4 Å². The summed E-state index contributed by atoms with van der Waals surface area (Å²) in [5.41, 5.74) is 0.473. The maximum atomic E-state index is 14.0. The molecule has 29 heavy (non-hydrogen) atoms. The number of nitriles is 1. The van der Waals surface area contributed by atoms with Crippen molar-refractivity contribution in [1.29, 1.82) is 5.26 Å². The molecule has 150 valence electrons. The van der Waals surface area contributed by atoms with Crippen molar-refractivity contribution in [2.24, 2.45) is 5.92 Å². The van der Waals surface area contributed by atoms with Crippen LogP contribution < -0.4 is 5.32 Å². The van der Waals surface area contributed by atoms with Crippen molar-refractivity contribution in [3.05, 3.63) is 65.2 Å². The molecule has 1 heterocycles. The Morgan fingerprint density at radius 2 is 1.93 bits per heavy atom. The number of halogens is 2. The Hall–Kier alpha value is -3.27. The quantitative estimate of drug-likeness (QED) is 0.802. The fourth-order valence-electron chi connectivity index (χ4n) is 3.53. The van der Waals surface area contributed by atoms with Crippen LogP contribution in [0.25, 0.3) is 0 Å². The molecule has 1 N–H and O–H groups in total. The fourth-order valence-corrected chi connectivity index (χ4v) is 3.53. The second-order valence-electron chi connectivity index (χ2n) is 7.76. The number of benzene rings is 2. The average molecular weight is 397 g/mol. The van der Waals surface area contributed by atoms with E-state index in [4.69, 9.17) is 0 Å². The zero-order valence-electron chi connectivity index (χ0n) is 16.4. The smallest absolute Gasteiger partial charge is 0.237 e. The van der Waals surface area contributed by atoms with E-state index in [1.165, 1.54) is 17.0 Å². The van der Waals surface area contributed by atoms with Crippen LogP contribution in [0.2, 0.25) is 0 Å². The predicted molar refractivity (Wildman–Crippen MR) is 104 cm³/mol. The zero-order valence-corrected chi connectivity index (χ0v) is 16.4. The summed E-state index contributed by atoms with van der Waals surface area (Å²) in [6.45, 7) is 3.88. The van der Waals surface area contributed by atoms with Crippen molar-refractivity contribution in [2.75, 3.05) is 18.9 Å². The van der Waals surface area contributed by atoms with E-state index < -0.39 is 40.7 Å². The molecule has 3 rings (SSSR count). The Kier molecular flexibility index (Phi) is 5.38. The monoisotopic (exact) mass is 397 g/mol. The SMILES string of the molecule is CN1C[C@H](c2cccc(C(C)(C)C#N)c2)[C@@H](C(=O)Nc2cccc(F)c2F)C1=O. The molecule has 2 aromatic carbocycles. The molecular formula is C22H21F2N3O2. The highest BCUT2D eigenvalue weighted by atomic mass is 19.2. The van der Waals surface area contributed by atoms with Crippen molar-refractivity contribution in [2.45, 2.75) is 25.2 Å². The summed E-state index contributed by atoms with van der Waals surface area (Å²) in [4.78, 5) is 27.0. The number of hydrogen-bond acceptors (Lipinski definition) is 3. The molecule has 0 aromatic heterocycles. The van der Waals surface area contributed by atoms with Gasteiger partial charge in [0.1, 0.15) is 5.92 Å². The van der Waals surface area contributed by atoms with E-state index in [0.717, 1.165) is 17.2 Å². The van der Waals surface area contributed by atoms with Gasteiger partial charge in [0.15, 0.2) is 11.6 Å². The standard InChI is InChI=1S/C22H21F2N3O2/c1-22(2,12-25)14-7-4-6-13(10-14)15-11-27(3)21(29)18(15)20(28)26-17-9-5-8-16(23)19(17)24/h4-10,15,18H,11H2,1-3H3,(H,26,28)/t15-,18+/m1/s1. The molecule has 0 bridgehead atoms. The first-order valence-corrected chi connectivity index (χ1v) is 9.17. The van der Waals surface area contributed by atoms with Gasteiger partial charge in [-0.3, -0.25) is 9.59 Å². The van der Waals surface area contributed by atoms with E-state index in [-0.39, 0.29) is 5.69 Å². The highest BCUT2D eigenvalue weighted by Crippen LogP contribution is 2.36. The normalized spacial score (nSPS) is 19.2. The van der Waals surface area contributed by atoms with Gasteiger partial charge in [0, 0.05) is 19.5 Å². The van der Waals surface area contributed by atoms with Crippen LogP contribution in [0.5, 0.6) is 0 Å². The first kappa shape index (κ1) is 20.5. The van der Waals surface area contributed by atoms with Crippen molar-refractivity contribution in [3.63, 3.8) is 0 Å². The lowest BCUT2D eigenvalue weighted by Gasteiger charge is -2.21. The molecule has 7 heteroatoms. The van der Waals surface area contributed by atoms with Crippen molar-refractivity contribution >= 4 is 17.5 Å². The zero-order chi connectivity index (χ0) is 21.3. The van der Waals surface area contributed by atoms with Crippen LogP contribution in [0.3, 0.4) is 0 Å². The van der Waals surface area contributed by atoms with E-state index >= 15 is 0 Å². The predicted octanol–water partition coefficient (Wildman–Crippen LogP) is 3.58. The van der Waals surface area contributed by atoms with E-state index in [0.29, 0.717) is 6.54 Å². The number of nitrogens with zero attached hydrogens (tertiary/aromatic N) is 2. The number of anilines is 1. The van der Waals surface area contributed by atoms with E-state index in [1.807, 2.05) is 12.1 Å². The van der Waals surface area contributed by atoms with Gasteiger partial charge in [0.05, 0.1) is 17.2 Å². The van der Waals surface area contributed by atoms with Gasteiger partial charge in [-0.25, -0.2) is 8.78 Å². The first-order chi connectivity index (χ1) is 13.7.